The molecule has 0 fully saturated rings. The number of benzene rings is 2. The summed E-state index contributed by atoms with van der Waals surface area (Å²) in [6.45, 7) is 4.39. The van der Waals surface area contributed by atoms with E-state index in [0.29, 0.717) is 11.6 Å². The zero-order valence-electron chi connectivity index (χ0n) is 12.2. The maximum absolute atomic E-state index is 6.22. The van der Waals surface area contributed by atoms with Crippen LogP contribution >= 0.6 is 23.2 Å². The summed E-state index contributed by atoms with van der Waals surface area (Å²) in [6.07, 6.45) is 0.720. The average molecular weight is 324 g/mol. The lowest BCUT2D eigenvalue weighted by Crippen LogP contribution is -2.18. The summed E-state index contributed by atoms with van der Waals surface area (Å²) in [7, 11) is 0. The van der Waals surface area contributed by atoms with Crippen molar-refractivity contribution < 1.29 is 4.74 Å². The molecule has 0 aliphatic heterocycles. The largest absolute Gasteiger partial charge is 0.489 e. The topological polar surface area (TPSA) is 35.2 Å². The predicted molar refractivity (Wildman–Crippen MR) is 89.3 cm³/mol. The molecule has 0 heterocycles. The van der Waals surface area contributed by atoms with Crippen molar-refractivity contribution in [3.8, 4) is 5.75 Å². The fourth-order valence-electron chi connectivity index (χ4n) is 2.12. The number of halogens is 2. The number of ether oxygens (including phenoxy) is 1. The van der Waals surface area contributed by atoms with E-state index in [1.807, 2.05) is 50.2 Å². The third-order valence-electron chi connectivity index (χ3n) is 3.16. The smallest absolute Gasteiger partial charge is 0.123 e. The molecular formula is C17H19Cl2NO. The molecule has 0 amide bonds. The first-order valence-electron chi connectivity index (χ1n) is 6.87. The summed E-state index contributed by atoms with van der Waals surface area (Å²) in [5.41, 5.74) is 8.98. The van der Waals surface area contributed by atoms with Crippen LogP contribution in [0.3, 0.4) is 0 Å². The third-order valence-corrected chi connectivity index (χ3v) is 3.74. The Bertz CT molecular complexity index is 626. The van der Waals surface area contributed by atoms with Gasteiger partial charge in [0.15, 0.2) is 0 Å². The predicted octanol–water partition coefficient (Wildman–Crippen LogP) is 4.77. The Hall–Kier alpha value is -1.22. The molecule has 0 saturated carbocycles. The van der Waals surface area contributed by atoms with Crippen LogP contribution in [0.2, 0.25) is 10.0 Å². The van der Waals surface area contributed by atoms with Crippen molar-refractivity contribution in [3.63, 3.8) is 0 Å². The number of hydrogen-bond donors (Lipinski definition) is 1. The van der Waals surface area contributed by atoms with Crippen molar-refractivity contribution in [2.75, 3.05) is 0 Å². The van der Waals surface area contributed by atoms with Crippen LogP contribution in [0.4, 0.5) is 0 Å². The second-order valence-electron chi connectivity index (χ2n) is 5.32. The van der Waals surface area contributed by atoms with E-state index < -0.39 is 0 Å². The fraction of sp³-hybridized carbons (Fsp3) is 0.294. The van der Waals surface area contributed by atoms with Crippen molar-refractivity contribution in [1.82, 2.24) is 0 Å². The Morgan fingerprint density at radius 1 is 1.10 bits per heavy atom. The normalized spacial score (nSPS) is 12.2. The van der Waals surface area contributed by atoms with Gasteiger partial charge in [-0.1, -0.05) is 35.3 Å². The van der Waals surface area contributed by atoms with Gasteiger partial charge >= 0.3 is 0 Å². The summed E-state index contributed by atoms with van der Waals surface area (Å²) >= 11 is 12.3. The molecule has 4 heteroatoms. The van der Waals surface area contributed by atoms with Gasteiger partial charge in [0.2, 0.25) is 0 Å². The quantitative estimate of drug-likeness (QED) is 0.860. The highest BCUT2D eigenvalue weighted by Crippen LogP contribution is 2.26. The van der Waals surface area contributed by atoms with Crippen LogP contribution in [0.5, 0.6) is 5.75 Å². The van der Waals surface area contributed by atoms with Crippen LogP contribution in [0, 0.1) is 6.92 Å². The van der Waals surface area contributed by atoms with Crippen LogP contribution in [0.15, 0.2) is 36.4 Å². The maximum atomic E-state index is 6.22. The minimum atomic E-state index is 0.0498. The molecule has 0 aliphatic rings. The van der Waals surface area contributed by atoms with Crippen LogP contribution in [0.25, 0.3) is 0 Å². The molecule has 2 N–H and O–H groups in total. The molecule has 0 radical (unpaired) electrons. The lowest BCUT2D eigenvalue weighted by Gasteiger charge is -2.14. The molecule has 112 valence electrons. The summed E-state index contributed by atoms with van der Waals surface area (Å²) < 4.78 is 5.90. The molecule has 0 bridgehead atoms. The maximum Gasteiger partial charge on any atom is 0.123 e. The Morgan fingerprint density at radius 2 is 1.86 bits per heavy atom. The molecule has 0 spiro atoms. The van der Waals surface area contributed by atoms with E-state index >= 15 is 0 Å². The summed E-state index contributed by atoms with van der Waals surface area (Å²) in [5, 5.41) is 1.41. The van der Waals surface area contributed by atoms with Gasteiger partial charge in [-0.3, -0.25) is 0 Å². The highest BCUT2D eigenvalue weighted by Gasteiger charge is 2.09. The molecule has 1 unspecified atom stereocenters. The zero-order valence-corrected chi connectivity index (χ0v) is 13.7. The Labute approximate surface area is 135 Å². The monoisotopic (exact) mass is 323 g/mol. The number of hydrogen-bond acceptors (Lipinski definition) is 2. The Morgan fingerprint density at radius 3 is 2.52 bits per heavy atom. The van der Waals surface area contributed by atoms with Gasteiger partial charge in [-0.2, -0.15) is 0 Å². The molecule has 2 rings (SSSR count). The minimum Gasteiger partial charge on any atom is -0.489 e. The molecule has 1 atom stereocenters. The van der Waals surface area contributed by atoms with Crippen molar-refractivity contribution in [1.29, 1.82) is 0 Å². The Balaban J connectivity index is 2.15. The molecule has 2 aromatic carbocycles. The van der Waals surface area contributed by atoms with E-state index in [0.717, 1.165) is 33.9 Å². The lowest BCUT2D eigenvalue weighted by atomic mass is 10.1. The van der Waals surface area contributed by atoms with Gasteiger partial charge in [-0.25, -0.2) is 0 Å². The van der Waals surface area contributed by atoms with Gasteiger partial charge in [0.25, 0.3) is 0 Å². The standard InChI is InChI=1S/C17H19Cl2NO/c1-11-3-4-13(16(19)7-11)10-21-17-6-5-15(18)9-14(17)8-12(2)20/h3-7,9,12H,8,10,20H2,1-2H3. The van der Waals surface area contributed by atoms with Gasteiger partial charge < -0.3 is 10.5 Å². The Kier molecular flexibility index (Phi) is 5.51. The van der Waals surface area contributed by atoms with Gasteiger partial charge in [0.05, 0.1) is 0 Å². The lowest BCUT2D eigenvalue weighted by molar-refractivity contribution is 0.302. The van der Waals surface area contributed by atoms with Crippen molar-refractivity contribution in [2.24, 2.45) is 5.73 Å². The number of nitrogens with two attached hydrogens (primary N) is 1. The first-order valence-corrected chi connectivity index (χ1v) is 7.63. The van der Waals surface area contributed by atoms with Crippen molar-refractivity contribution >= 4 is 23.2 Å². The van der Waals surface area contributed by atoms with Crippen LogP contribution in [-0.4, -0.2) is 6.04 Å². The second-order valence-corrected chi connectivity index (χ2v) is 6.16. The van der Waals surface area contributed by atoms with Crippen LogP contribution in [0.1, 0.15) is 23.6 Å². The molecule has 0 saturated heterocycles. The molecule has 2 nitrogen and oxygen atoms in total. The first-order chi connectivity index (χ1) is 9.95. The van der Waals surface area contributed by atoms with Crippen molar-refractivity contribution in [2.45, 2.75) is 32.9 Å². The van der Waals surface area contributed by atoms with Crippen molar-refractivity contribution in [3.05, 3.63) is 63.1 Å². The van der Waals surface area contributed by atoms with Crippen LogP contribution in [-0.2, 0) is 13.0 Å². The highest BCUT2D eigenvalue weighted by atomic mass is 35.5. The van der Waals surface area contributed by atoms with E-state index in [9.17, 15) is 0 Å². The second kappa shape index (κ2) is 7.17. The van der Waals surface area contributed by atoms with Gasteiger partial charge in [0, 0.05) is 21.7 Å². The third kappa shape index (κ3) is 4.63. The molecular weight excluding hydrogens is 305 g/mol. The number of rotatable bonds is 5. The molecule has 2 aromatic rings. The molecule has 21 heavy (non-hydrogen) atoms. The first kappa shape index (κ1) is 16.2. The van der Waals surface area contributed by atoms with E-state index in [-0.39, 0.29) is 6.04 Å². The summed E-state index contributed by atoms with van der Waals surface area (Å²) in [6, 6.07) is 11.6. The number of aryl methyl sites for hydroxylation is 1. The van der Waals surface area contributed by atoms with Crippen LogP contribution < -0.4 is 10.5 Å². The molecule has 0 aromatic heterocycles. The van der Waals surface area contributed by atoms with Gasteiger partial charge in [0.1, 0.15) is 12.4 Å². The van der Waals surface area contributed by atoms with Gasteiger partial charge in [-0.15, -0.1) is 0 Å². The van der Waals surface area contributed by atoms with E-state index in [1.165, 1.54) is 0 Å². The minimum absolute atomic E-state index is 0.0498. The fourth-order valence-corrected chi connectivity index (χ4v) is 2.60. The molecule has 0 aliphatic carbocycles. The zero-order chi connectivity index (χ0) is 15.4. The summed E-state index contributed by atoms with van der Waals surface area (Å²) in [4.78, 5) is 0. The van der Waals surface area contributed by atoms with E-state index in [1.54, 1.807) is 0 Å². The van der Waals surface area contributed by atoms with E-state index in [4.69, 9.17) is 33.7 Å². The average Bonchev–Trinajstić information content (AvgIpc) is 2.39. The SMILES string of the molecule is Cc1ccc(COc2ccc(Cl)cc2CC(C)N)c(Cl)c1. The highest BCUT2D eigenvalue weighted by molar-refractivity contribution is 6.31. The van der Waals surface area contributed by atoms with E-state index in [2.05, 4.69) is 0 Å². The summed E-state index contributed by atoms with van der Waals surface area (Å²) in [5.74, 6) is 0.799. The van der Waals surface area contributed by atoms with Gasteiger partial charge in [-0.05, 0) is 55.7 Å².